The van der Waals surface area contributed by atoms with Crippen LogP contribution < -0.4 is 10.5 Å². The number of hydrogen-bond donors (Lipinski definition) is 0. The molecule has 2 saturated heterocycles. The number of nitrogens with zero attached hydrogens (tertiary/aromatic N) is 3. The van der Waals surface area contributed by atoms with Gasteiger partial charge in [0.25, 0.3) is 17.4 Å². The Morgan fingerprint density at radius 1 is 1.14 bits per heavy atom. The SMILES string of the molecule is Cn1ccc(C(=O)N2CCC3(CC2)CN(c2cccc(F)c2)C(=O)CO3)cc1=O. The van der Waals surface area contributed by atoms with Crippen LogP contribution in [-0.2, 0) is 16.6 Å². The molecule has 1 spiro atoms. The number of rotatable bonds is 2. The third kappa shape index (κ3) is 3.80. The molecule has 0 aliphatic carbocycles. The van der Waals surface area contributed by atoms with Crippen LogP contribution in [0.15, 0.2) is 47.4 Å². The van der Waals surface area contributed by atoms with Gasteiger partial charge in [0.15, 0.2) is 0 Å². The minimum Gasteiger partial charge on any atom is -0.363 e. The zero-order chi connectivity index (χ0) is 20.6. The molecule has 2 fully saturated rings. The van der Waals surface area contributed by atoms with Gasteiger partial charge in [0.2, 0.25) is 0 Å². The summed E-state index contributed by atoms with van der Waals surface area (Å²) in [7, 11) is 1.63. The molecular formula is C21H22FN3O4. The predicted molar refractivity (Wildman–Crippen MR) is 104 cm³/mol. The maximum Gasteiger partial charge on any atom is 0.254 e. The number of ether oxygens (including phenoxy) is 1. The van der Waals surface area contributed by atoms with Gasteiger partial charge in [-0.25, -0.2) is 4.39 Å². The molecule has 3 heterocycles. The van der Waals surface area contributed by atoms with E-state index in [1.165, 1.54) is 22.8 Å². The van der Waals surface area contributed by atoms with Crippen molar-refractivity contribution in [3.05, 3.63) is 64.3 Å². The second kappa shape index (κ2) is 7.44. The van der Waals surface area contributed by atoms with Gasteiger partial charge in [-0.1, -0.05) is 6.07 Å². The molecule has 2 amide bonds. The number of anilines is 1. The molecule has 2 aliphatic rings. The Kier molecular flexibility index (Phi) is 4.96. The number of benzene rings is 1. The normalized spacial score (nSPS) is 18.9. The lowest BCUT2D eigenvalue weighted by Gasteiger charge is -2.47. The summed E-state index contributed by atoms with van der Waals surface area (Å²) in [6.07, 6.45) is 2.69. The minimum absolute atomic E-state index is 0.0703. The zero-order valence-corrected chi connectivity index (χ0v) is 16.1. The van der Waals surface area contributed by atoms with E-state index in [2.05, 4.69) is 0 Å². The summed E-state index contributed by atoms with van der Waals surface area (Å²) in [4.78, 5) is 40.1. The van der Waals surface area contributed by atoms with E-state index in [-0.39, 0.29) is 24.0 Å². The molecule has 0 radical (unpaired) electrons. The fourth-order valence-corrected chi connectivity index (χ4v) is 3.88. The molecule has 0 unspecified atom stereocenters. The number of aryl methyl sites for hydroxylation is 1. The maximum atomic E-state index is 13.6. The second-order valence-electron chi connectivity index (χ2n) is 7.59. The summed E-state index contributed by atoms with van der Waals surface area (Å²) in [6.45, 7) is 1.17. The topological polar surface area (TPSA) is 71.8 Å². The summed E-state index contributed by atoms with van der Waals surface area (Å²) in [6, 6.07) is 8.93. The number of carbonyl (C=O) groups is 2. The smallest absolute Gasteiger partial charge is 0.254 e. The van der Waals surface area contributed by atoms with Crippen molar-refractivity contribution < 1.29 is 18.7 Å². The van der Waals surface area contributed by atoms with Gasteiger partial charge in [-0.15, -0.1) is 0 Å². The van der Waals surface area contributed by atoms with Crippen molar-refractivity contribution in [2.75, 3.05) is 31.1 Å². The van der Waals surface area contributed by atoms with Crippen LogP contribution in [0.3, 0.4) is 0 Å². The quantitative estimate of drug-likeness (QED) is 0.769. The van der Waals surface area contributed by atoms with Crippen LogP contribution in [0.1, 0.15) is 23.2 Å². The van der Waals surface area contributed by atoms with Crippen molar-refractivity contribution in [1.82, 2.24) is 9.47 Å². The highest BCUT2D eigenvalue weighted by atomic mass is 19.1. The lowest BCUT2D eigenvalue weighted by Crippen LogP contribution is -2.59. The summed E-state index contributed by atoms with van der Waals surface area (Å²) >= 11 is 0. The molecule has 0 saturated carbocycles. The van der Waals surface area contributed by atoms with Crippen molar-refractivity contribution >= 4 is 17.5 Å². The fourth-order valence-electron chi connectivity index (χ4n) is 3.88. The fraction of sp³-hybridized carbons (Fsp3) is 0.381. The summed E-state index contributed by atoms with van der Waals surface area (Å²) < 4.78 is 20.9. The number of piperidine rings is 1. The molecule has 1 aromatic carbocycles. The first-order valence-corrected chi connectivity index (χ1v) is 9.53. The second-order valence-corrected chi connectivity index (χ2v) is 7.59. The van der Waals surface area contributed by atoms with E-state index >= 15 is 0 Å². The number of amides is 2. The molecule has 0 atom stereocenters. The van der Waals surface area contributed by atoms with E-state index in [4.69, 9.17) is 4.74 Å². The number of halogens is 1. The molecule has 2 aromatic rings. The Balaban J connectivity index is 1.46. The Morgan fingerprint density at radius 3 is 2.59 bits per heavy atom. The minimum atomic E-state index is -0.566. The number of carbonyl (C=O) groups excluding carboxylic acids is 2. The van der Waals surface area contributed by atoms with Crippen LogP contribution >= 0.6 is 0 Å². The van der Waals surface area contributed by atoms with Crippen LogP contribution in [0, 0.1) is 5.82 Å². The Bertz CT molecular complexity index is 1010. The Hall–Kier alpha value is -3.00. The molecule has 4 rings (SSSR count). The number of likely N-dealkylation sites (tertiary alicyclic amines) is 1. The van der Waals surface area contributed by atoms with Gasteiger partial charge >= 0.3 is 0 Å². The van der Waals surface area contributed by atoms with Crippen molar-refractivity contribution in [2.45, 2.75) is 18.4 Å². The molecule has 0 bridgehead atoms. The van der Waals surface area contributed by atoms with Crippen LogP contribution in [0.5, 0.6) is 0 Å². The highest BCUT2D eigenvalue weighted by Crippen LogP contribution is 2.33. The molecule has 0 N–H and O–H groups in total. The largest absolute Gasteiger partial charge is 0.363 e. The number of pyridine rings is 1. The highest BCUT2D eigenvalue weighted by Gasteiger charge is 2.43. The lowest BCUT2D eigenvalue weighted by molar-refractivity contribution is -0.143. The average Bonchev–Trinajstić information content (AvgIpc) is 2.72. The zero-order valence-electron chi connectivity index (χ0n) is 16.1. The monoisotopic (exact) mass is 399 g/mol. The maximum absolute atomic E-state index is 13.6. The van der Waals surface area contributed by atoms with E-state index in [1.54, 1.807) is 41.2 Å². The highest BCUT2D eigenvalue weighted by molar-refractivity contribution is 5.95. The number of aromatic nitrogens is 1. The van der Waals surface area contributed by atoms with Gasteiger partial charge in [-0.3, -0.25) is 14.4 Å². The van der Waals surface area contributed by atoms with Crippen LogP contribution in [0.25, 0.3) is 0 Å². The number of hydrogen-bond acceptors (Lipinski definition) is 4. The van der Waals surface area contributed by atoms with Crippen molar-refractivity contribution in [2.24, 2.45) is 7.05 Å². The van der Waals surface area contributed by atoms with E-state index in [1.807, 2.05) is 0 Å². The van der Waals surface area contributed by atoms with Crippen LogP contribution in [-0.4, -0.2) is 53.1 Å². The first-order chi connectivity index (χ1) is 13.9. The van der Waals surface area contributed by atoms with Gasteiger partial charge in [-0.2, -0.15) is 0 Å². The van der Waals surface area contributed by atoms with E-state index < -0.39 is 11.4 Å². The molecule has 29 heavy (non-hydrogen) atoms. The van der Waals surface area contributed by atoms with E-state index in [9.17, 15) is 18.8 Å². The predicted octanol–water partition coefficient (Wildman–Crippen LogP) is 1.56. The molecule has 1 aromatic heterocycles. The summed E-state index contributed by atoms with van der Waals surface area (Å²) in [5.74, 6) is -0.795. The van der Waals surface area contributed by atoms with Crippen LogP contribution in [0.2, 0.25) is 0 Å². The Labute approximate surface area is 167 Å². The van der Waals surface area contributed by atoms with E-state index in [0.717, 1.165) is 0 Å². The average molecular weight is 399 g/mol. The molecule has 152 valence electrons. The summed E-state index contributed by atoms with van der Waals surface area (Å²) in [5.41, 5.74) is 0.0785. The van der Waals surface area contributed by atoms with Crippen molar-refractivity contribution in [3.63, 3.8) is 0 Å². The molecule has 8 heteroatoms. The van der Waals surface area contributed by atoms with E-state index in [0.29, 0.717) is 43.7 Å². The van der Waals surface area contributed by atoms with Gasteiger partial charge in [0.05, 0.1) is 12.1 Å². The van der Waals surface area contributed by atoms with Crippen LogP contribution in [0.4, 0.5) is 10.1 Å². The third-order valence-electron chi connectivity index (χ3n) is 5.68. The molecule has 2 aliphatic heterocycles. The molecular weight excluding hydrogens is 377 g/mol. The van der Waals surface area contributed by atoms with Crippen molar-refractivity contribution in [3.8, 4) is 0 Å². The number of morpholine rings is 1. The first-order valence-electron chi connectivity index (χ1n) is 9.53. The molecule has 7 nitrogen and oxygen atoms in total. The van der Waals surface area contributed by atoms with Gasteiger partial charge in [-0.05, 0) is 37.1 Å². The lowest BCUT2D eigenvalue weighted by atomic mass is 9.88. The van der Waals surface area contributed by atoms with Gasteiger partial charge in [0.1, 0.15) is 12.4 Å². The first kappa shape index (κ1) is 19.3. The standard InChI is InChI=1S/C21H22FN3O4/c1-23-8-5-15(11-18(23)26)20(28)24-9-6-21(7-10-24)14-25(19(27)13-29-21)17-4-2-3-16(22)12-17/h2-5,8,11-12H,6-7,9-10,13-14H2,1H3. The van der Waals surface area contributed by atoms with Crippen molar-refractivity contribution in [1.29, 1.82) is 0 Å². The van der Waals surface area contributed by atoms with Gasteiger partial charge < -0.3 is 19.1 Å². The summed E-state index contributed by atoms with van der Waals surface area (Å²) in [5, 5.41) is 0. The third-order valence-corrected chi connectivity index (χ3v) is 5.68. The Morgan fingerprint density at radius 2 is 1.90 bits per heavy atom. The van der Waals surface area contributed by atoms with Gasteiger partial charge in [0, 0.05) is 43.7 Å².